The van der Waals surface area contributed by atoms with Crippen LogP contribution in [-0.4, -0.2) is 34.7 Å². The number of rotatable bonds is 0. The van der Waals surface area contributed by atoms with E-state index >= 15 is 0 Å². The van der Waals surface area contributed by atoms with Crippen LogP contribution in [-0.2, 0) is 152 Å². The molecule has 0 amide bonds. The summed E-state index contributed by atoms with van der Waals surface area (Å²) in [5.74, 6) is 0. The van der Waals surface area contributed by atoms with E-state index in [1.165, 1.54) is 0 Å². The van der Waals surface area contributed by atoms with Crippen LogP contribution in [0.1, 0.15) is 0 Å². The Morgan fingerprint density at radius 2 is 0.222 bits per heavy atom. The molecule has 0 aliphatic rings. The predicted octanol–water partition coefficient (Wildman–Crippen LogP) is -0.779. The average molecular weight is 389 g/mol. The third-order valence-corrected chi connectivity index (χ3v) is 0. The van der Waals surface area contributed by atoms with Gasteiger partial charge in [0.2, 0.25) is 0 Å². The second-order valence-electron chi connectivity index (χ2n) is 0. The molecule has 0 aromatic carbocycles. The summed E-state index contributed by atoms with van der Waals surface area (Å²) >= 11 is 0. The third-order valence-electron chi connectivity index (χ3n) is 0. The summed E-state index contributed by atoms with van der Waals surface area (Å²) < 4.78 is 0. The fourth-order valence-corrected chi connectivity index (χ4v) is 0. The van der Waals surface area contributed by atoms with Crippen LogP contribution in [0.2, 0.25) is 0 Å². The molecule has 0 N–H and O–H groups in total. The molecule has 0 aliphatic heterocycles. The first-order valence-electron chi connectivity index (χ1n) is 0. The summed E-state index contributed by atoms with van der Waals surface area (Å²) in [4.78, 5) is 0. The Balaban J connectivity index is 0. The van der Waals surface area contributed by atoms with Crippen molar-refractivity contribution in [2.45, 2.75) is 0 Å². The standard InChI is InChI=1S/2Al.7Ti. The van der Waals surface area contributed by atoms with Gasteiger partial charge >= 0.3 is 0 Å². The van der Waals surface area contributed by atoms with Gasteiger partial charge in [0.05, 0.1) is 0 Å². The normalized spacial score (nSPS) is 0. The largest absolute Gasteiger partial charge is 0 e. The molecule has 9 heteroatoms. The summed E-state index contributed by atoms with van der Waals surface area (Å²) in [6.45, 7) is 0. The molecular weight excluding hydrogens is 389 g/mol. The minimum atomic E-state index is 0. The second kappa shape index (κ2) is 65.3. The van der Waals surface area contributed by atoms with Gasteiger partial charge in [-0.25, -0.2) is 0 Å². The second-order valence-corrected chi connectivity index (χ2v) is 0. The van der Waals surface area contributed by atoms with Gasteiger partial charge in [0.25, 0.3) is 0 Å². The van der Waals surface area contributed by atoms with Crippen LogP contribution in [0.5, 0.6) is 0 Å². The van der Waals surface area contributed by atoms with Crippen molar-refractivity contribution in [2.24, 2.45) is 0 Å². The van der Waals surface area contributed by atoms with Gasteiger partial charge in [-0.3, -0.25) is 0 Å². The first-order valence-corrected chi connectivity index (χ1v) is 0. The average Bonchev–Trinajstić information content (AvgIpc) is 0. The molecule has 0 heterocycles. The van der Waals surface area contributed by atoms with E-state index in [-0.39, 0.29) is 187 Å². The maximum absolute atomic E-state index is 0. The molecule has 0 atom stereocenters. The number of hydrogen-bond acceptors (Lipinski definition) is 0. The zero-order valence-electron chi connectivity index (χ0n) is 4.65. The Morgan fingerprint density at radius 1 is 0.222 bits per heavy atom. The molecule has 34 valence electrons. The van der Waals surface area contributed by atoms with Gasteiger partial charge < -0.3 is 0 Å². The van der Waals surface area contributed by atoms with Gasteiger partial charge in [-0.2, -0.15) is 0 Å². The maximum atomic E-state index is 0. The first kappa shape index (κ1) is 81.0. The molecule has 0 saturated carbocycles. The molecule has 0 fully saturated rings. The molecule has 6 radical (unpaired) electrons. The molecule has 0 nitrogen and oxygen atoms in total. The Hall–Kier alpha value is 6.06. The molecule has 0 saturated heterocycles. The van der Waals surface area contributed by atoms with Crippen molar-refractivity contribution in [3.8, 4) is 0 Å². The van der Waals surface area contributed by atoms with E-state index in [0.717, 1.165) is 0 Å². The maximum Gasteiger partial charge on any atom is 0 e. The Labute approximate surface area is 182 Å². The predicted molar refractivity (Wildman–Crippen MR) is 11.5 cm³/mol. The van der Waals surface area contributed by atoms with Crippen molar-refractivity contribution < 1.29 is 152 Å². The van der Waals surface area contributed by atoms with Crippen molar-refractivity contribution in [1.29, 1.82) is 0 Å². The van der Waals surface area contributed by atoms with Crippen LogP contribution in [0, 0.1) is 0 Å². The summed E-state index contributed by atoms with van der Waals surface area (Å²) in [5.41, 5.74) is 0. The van der Waals surface area contributed by atoms with E-state index in [9.17, 15) is 0 Å². The molecular formula is Al2Ti7. The molecule has 9 heavy (non-hydrogen) atoms. The Kier molecular flexibility index (Phi) is 588. The zero-order valence-corrected chi connectivity index (χ0v) is 17.9. The molecule has 0 aliphatic carbocycles. The van der Waals surface area contributed by atoms with Gasteiger partial charge in [0, 0.05) is 187 Å². The molecule has 0 aromatic heterocycles. The van der Waals surface area contributed by atoms with Crippen molar-refractivity contribution in [1.82, 2.24) is 0 Å². The SMILES string of the molecule is [Al].[Al].[Ti].[Ti].[Ti].[Ti].[Ti].[Ti].[Ti]. The summed E-state index contributed by atoms with van der Waals surface area (Å²) in [5, 5.41) is 0. The van der Waals surface area contributed by atoms with Crippen LogP contribution in [0.4, 0.5) is 0 Å². The van der Waals surface area contributed by atoms with Crippen LogP contribution in [0.15, 0.2) is 0 Å². The molecule has 0 unspecified atom stereocenters. The first-order chi connectivity index (χ1) is 0. The van der Waals surface area contributed by atoms with Gasteiger partial charge in [0.15, 0.2) is 0 Å². The third kappa shape index (κ3) is 55.7. The Morgan fingerprint density at radius 3 is 0.222 bits per heavy atom. The van der Waals surface area contributed by atoms with Crippen molar-refractivity contribution in [3.63, 3.8) is 0 Å². The topological polar surface area (TPSA) is 0 Å². The number of hydrogen-bond donors (Lipinski definition) is 0. The van der Waals surface area contributed by atoms with Crippen molar-refractivity contribution >= 4 is 34.7 Å². The van der Waals surface area contributed by atoms with E-state index in [0.29, 0.717) is 0 Å². The molecule has 0 bridgehead atoms. The Bertz CT molecular complexity index is 6.88. The van der Waals surface area contributed by atoms with E-state index < -0.39 is 0 Å². The van der Waals surface area contributed by atoms with Crippen LogP contribution < -0.4 is 0 Å². The molecule has 0 spiro atoms. The van der Waals surface area contributed by atoms with Crippen molar-refractivity contribution in [2.75, 3.05) is 0 Å². The summed E-state index contributed by atoms with van der Waals surface area (Å²) in [6.07, 6.45) is 0. The minimum absolute atomic E-state index is 0. The van der Waals surface area contributed by atoms with Crippen molar-refractivity contribution in [3.05, 3.63) is 0 Å². The van der Waals surface area contributed by atoms with Gasteiger partial charge in [-0.1, -0.05) is 0 Å². The van der Waals surface area contributed by atoms with E-state index in [4.69, 9.17) is 0 Å². The monoisotopic (exact) mass is 390 g/mol. The van der Waals surface area contributed by atoms with Crippen LogP contribution >= 0.6 is 0 Å². The van der Waals surface area contributed by atoms with E-state index in [2.05, 4.69) is 0 Å². The fourth-order valence-electron chi connectivity index (χ4n) is 0. The quantitative estimate of drug-likeness (QED) is 0.478. The smallest absolute Gasteiger partial charge is 0 e. The summed E-state index contributed by atoms with van der Waals surface area (Å²) in [6, 6.07) is 0. The summed E-state index contributed by atoms with van der Waals surface area (Å²) in [7, 11) is 0. The van der Waals surface area contributed by atoms with Crippen LogP contribution in [0.25, 0.3) is 0 Å². The molecule has 0 rings (SSSR count). The van der Waals surface area contributed by atoms with Gasteiger partial charge in [-0.15, -0.1) is 0 Å². The minimum Gasteiger partial charge on any atom is 0 e. The van der Waals surface area contributed by atoms with E-state index in [1.807, 2.05) is 0 Å². The zero-order chi connectivity index (χ0) is 0. The van der Waals surface area contributed by atoms with Crippen LogP contribution in [0.3, 0.4) is 0 Å². The fraction of sp³-hybridized carbons (Fsp3) is 0. The van der Waals surface area contributed by atoms with E-state index in [1.54, 1.807) is 0 Å². The van der Waals surface area contributed by atoms with Gasteiger partial charge in [0.1, 0.15) is 0 Å². The van der Waals surface area contributed by atoms with Gasteiger partial charge in [-0.05, 0) is 0 Å². The molecule has 0 aromatic rings.